The second-order valence-electron chi connectivity index (χ2n) is 7.29. The van der Waals surface area contributed by atoms with Crippen LogP contribution in [0.1, 0.15) is 32.4 Å². The summed E-state index contributed by atoms with van der Waals surface area (Å²) < 4.78 is 34.2. The fraction of sp³-hybridized carbons (Fsp3) is 0.238. The quantitative estimate of drug-likeness (QED) is 0.481. The Morgan fingerprint density at radius 2 is 2.06 bits per heavy atom. The maximum atomic E-state index is 13.6. The Bertz CT molecular complexity index is 1240. The van der Waals surface area contributed by atoms with Crippen LogP contribution in [-0.2, 0) is 19.5 Å². The molecule has 31 heavy (non-hydrogen) atoms. The number of nitrogens with zero attached hydrogens (tertiary/aromatic N) is 5. The molecular weight excluding hydrogens is 424 g/mol. The van der Waals surface area contributed by atoms with Crippen LogP contribution in [0.15, 0.2) is 41.2 Å². The average molecular weight is 441 g/mol. The maximum Gasteiger partial charge on any atom is 0.276 e. The van der Waals surface area contributed by atoms with Crippen molar-refractivity contribution in [2.24, 2.45) is 0 Å². The molecule has 1 aliphatic heterocycles. The van der Waals surface area contributed by atoms with E-state index in [1.165, 1.54) is 23.5 Å². The lowest BCUT2D eigenvalue weighted by atomic mass is 10.1. The third-order valence-electron chi connectivity index (χ3n) is 5.19. The van der Waals surface area contributed by atoms with Gasteiger partial charge in [-0.1, -0.05) is 5.16 Å². The first-order valence-electron chi connectivity index (χ1n) is 9.65. The number of amides is 1. The number of hydrogen-bond donors (Lipinski definition) is 0. The Morgan fingerprint density at radius 1 is 1.26 bits per heavy atom. The predicted octanol–water partition coefficient (Wildman–Crippen LogP) is 3.83. The monoisotopic (exact) mass is 441 g/mol. The summed E-state index contributed by atoms with van der Waals surface area (Å²) in [6.07, 6.45) is 4.03. The van der Waals surface area contributed by atoms with Crippen LogP contribution in [0.25, 0.3) is 10.6 Å². The van der Waals surface area contributed by atoms with Crippen LogP contribution in [-0.4, -0.2) is 37.3 Å². The number of fused-ring (bicyclic) bond motifs is 1. The van der Waals surface area contributed by atoms with Gasteiger partial charge in [0.2, 0.25) is 0 Å². The van der Waals surface area contributed by atoms with E-state index < -0.39 is 11.6 Å². The maximum absolute atomic E-state index is 13.6. The number of thiazole rings is 1. The van der Waals surface area contributed by atoms with Crippen molar-refractivity contribution in [3.63, 3.8) is 0 Å². The summed E-state index contributed by atoms with van der Waals surface area (Å²) in [5.41, 5.74) is 2.21. The molecule has 3 aromatic heterocycles. The summed E-state index contributed by atoms with van der Waals surface area (Å²) in [4.78, 5) is 20.3. The molecule has 0 spiro atoms. The second-order valence-corrected chi connectivity index (χ2v) is 8.38. The van der Waals surface area contributed by atoms with Crippen LogP contribution in [0.2, 0.25) is 0 Å². The Morgan fingerprint density at radius 3 is 2.81 bits per heavy atom. The lowest BCUT2D eigenvalue weighted by molar-refractivity contribution is 0.0724. The molecule has 0 radical (unpaired) electrons. The minimum absolute atomic E-state index is 0.226. The molecule has 158 valence electrons. The van der Waals surface area contributed by atoms with Crippen molar-refractivity contribution in [3.8, 4) is 10.6 Å². The number of hydrogen-bond acceptors (Lipinski definition) is 6. The molecule has 0 unspecified atom stereocenters. The molecule has 1 aliphatic rings. The smallest absolute Gasteiger partial charge is 0.276 e. The molecule has 0 bridgehead atoms. The van der Waals surface area contributed by atoms with Crippen molar-refractivity contribution in [2.45, 2.75) is 26.4 Å². The van der Waals surface area contributed by atoms with Crippen molar-refractivity contribution in [3.05, 3.63) is 75.9 Å². The zero-order valence-electron chi connectivity index (χ0n) is 16.5. The molecule has 0 aliphatic carbocycles. The van der Waals surface area contributed by atoms with Gasteiger partial charge in [-0.05, 0) is 25.1 Å². The highest BCUT2D eigenvalue weighted by Crippen LogP contribution is 2.33. The number of rotatable bonds is 4. The van der Waals surface area contributed by atoms with Crippen molar-refractivity contribution in [1.29, 1.82) is 0 Å². The van der Waals surface area contributed by atoms with E-state index >= 15 is 0 Å². The summed E-state index contributed by atoms with van der Waals surface area (Å²) in [7, 11) is 0. The van der Waals surface area contributed by atoms with E-state index in [-0.39, 0.29) is 11.6 Å². The SMILES string of the molecule is Cc1onc(C(=O)N2CCc3nc(-c4cc(F)cc(F)c4)sc3C2)c1Cn1cccn1. The number of carbonyl (C=O) groups excluding carboxylic acids is 1. The van der Waals surface area contributed by atoms with Gasteiger partial charge in [-0.3, -0.25) is 9.48 Å². The van der Waals surface area contributed by atoms with E-state index in [0.29, 0.717) is 47.9 Å². The number of aryl methyl sites for hydroxylation is 1. The lowest BCUT2D eigenvalue weighted by Gasteiger charge is -2.25. The first-order chi connectivity index (χ1) is 15.0. The predicted molar refractivity (Wildman–Crippen MR) is 108 cm³/mol. The first-order valence-corrected chi connectivity index (χ1v) is 10.5. The third kappa shape index (κ3) is 3.74. The van der Waals surface area contributed by atoms with Gasteiger partial charge in [-0.25, -0.2) is 13.8 Å². The van der Waals surface area contributed by atoms with Gasteiger partial charge in [-0.15, -0.1) is 11.3 Å². The topological polar surface area (TPSA) is 77.0 Å². The standard InChI is InChI=1S/C21H17F2N5O2S/c1-12-16(10-28-5-2-4-24-28)19(26-30-12)21(29)27-6-3-17-18(11-27)31-20(25-17)13-7-14(22)9-15(23)8-13/h2,4-5,7-9H,3,6,10-11H2,1H3. The minimum Gasteiger partial charge on any atom is -0.361 e. The first kappa shape index (κ1) is 19.6. The fourth-order valence-corrected chi connectivity index (χ4v) is 4.73. The molecule has 0 saturated carbocycles. The third-order valence-corrected chi connectivity index (χ3v) is 6.33. The van der Waals surface area contributed by atoms with Gasteiger partial charge in [0, 0.05) is 47.4 Å². The Kier molecular flexibility index (Phi) is 4.85. The second kappa shape index (κ2) is 7.69. The van der Waals surface area contributed by atoms with Gasteiger partial charge in [0.05, 0.1) is 18.8 Å². The molecular formula is C21H17F2N5O2S. The summed E-state index contributed by atoms with van der Waals surface area (Å²) in [5, 5.41) is 8.71. The van der Waals surface area contributed by atoms with E-state index in [4.69, 9.17) is 4.52 Å². The Labute approximate surface area is 179 Å². The molecule has 1 aromatic carbocycles. The number of benzene rings is 1. The van der Waals surface area contributed by atoms with Gasteiger partial charge < -0.3 is 9.42 Å². The number of aromatic nitrogens is 4. The van der Waals surface area contributed by atoms with Gasteiger partial charge >= 0.3 is 0 Å². The van der Waals surface area contributed by atoms with Gasteiger partial charge in [-0.2, -0.15) is 5.10 Å². The van der Waals surface area contributed by atoms with E-state index in [0.717, 1.165) is 16.6 Å². The molecule has 0 N–H and O–H groups in total. The molecule has 4 heterocycles. The van der Waals surface area contributed by atoms with Crippen LogP contribution in [0, 0.1) is 18.6 Å². The van der Waals surface area contributed by atoms with Crippen molar-refractivity contribution in [1.82, 2.24) is 24.8 Å². The molecule has 7 nitrogen and oxygen atoms in total. The van der Waals surface area contributed by atoms with Crippen molar-refractivity contribution in [2.75, 3.05) is 6.54 Å². The molecule has 10 heteroatoms. The average Bonchev–Trinajstić information content (AvgIpc) is 3.47. The van der Waals surface area contributed by atoms with E-state index in [2.05, 4.69) is 15.2 Å². The zero-order chi connectivity index (χ0) is 21.5. The van der Waals surface area contributed by atoms with Gasteiger partial charge in [0.15, 0.2) is 5.69 Å². The Balaban J connectivity index is 1.39. The lowest BCUT2D eigenvalue weighted by Crippen LogP contribution is -2.36. The summed E-state index contributed by atoms with van der Waals surface area (Å²) in [5.74, 6) is -0.946. The van der Waals surface area contributed by atoms with Crippen molar-refractivity contribution >= 4 is 17.2 Å². The molecule has 0 fully saturated rings. The van der Waals surface area contributed by atoms with E-state index in [1.807, 2.05) is 12.3 Å². The van der Waals surface area contributed by atoms with E-state index in [9.17, 15) is 13.6 Å². The minimum atomic E-state index is -0.647. The van der Waals surface area contributed by atoms with Crippen molar-refractivity contribution < 1.29 is 18.1 Å². The summed E-state index contributed by atoms with van der Waals surface area (Å²) in [6.45, 7) is 2.99. The van der Waals surface area contributed by atoms with Crippen LogP contribution in [0.5, 0.6) is 0 Å². The number of carbonyl (C=O) groups is 1. The summed E-state index contributed by atoms with van der Waals surface area (Å²) >= 11 is 1.34. The van der Waals surface area contributed by atoms with Crippen LogP contribution < -0.4 is 0 Å². The van der Waals surface area contributed by atoms with E-state index in [1.54, 1.807) is 22.7 Å². The number of halogens is 2. The highest BCUT2D eigenvalue weighted by atomic mass is 32.1. The largest absolute Gasteiger partial charge is 0.361 e. The normalized spacial score (nSPS) is 13.5. The molecule has 5 rings (SSSR count). The van der Waals surface area contributed by atoms with Gasteiger partial charge in [0.25, 0.3) is 5.91 Å². The highest BCUT2D eigenvalue weighted by Gasteiger charge is 2.29. The molecule has 0 saturated heterocycles. The van der Waals surface area contributed by atoms with Gasteiger partial charge in [0.1, 0.15) is 22.4 Å². The molecule has 4 aromatic rings. The molecule has 0 atom stereocenters. The zero-order valence-corrected chi connectivity index (χ0v) is 17.3. The van der Waals surface area contributed by atoms with Crippen LogP contribution in [0.4, 0.5) is 8.78 Å². The highest BCUT2D eigenvalue weighted by molar-refractivity contribution is 7.15. The molecule has 1 amide bonds. The Hall–Kier alpha value is -3.40. The van der Waals surface area contributed by atoms with Crippen LogP contribution in [0.3, 0.4) is 0 Å². The van der Waals surface area contributed by atoms with Crippen LogP contribution >= 0.6 is 11.3 Å². The fourth-order valence-electron chi connectivity index (χ4n) is 3.62. The summed E-state index contributed by atoms with van der Waals surface area (Å²) in [6, 6.07) is 5.16.